The van der Waals surface area contributed by atoms with E-state index in [4.69, 9.17) is 37.0 Å². The fourth-order valence-electron chi connectivity index (χ4n) is 11.5. The van der Waals surface area contributed by atoms with Crippen molar-refractivity contribution < 1.29 is 80.2 Å². The number of aliphatic hydroxyl groups excluding tert-OH is 1. The van der Waals surface area contributed by atoms with Crippen molar-refractivity contribution in [1.29, 1.82) is 0 Å². The van der Waals surface area contributed by atoms with Gasteiger partial charge in [0.25, 0.3) is 0 Å². The molecule has 0 aliphatic carbocycles. The molecular formula is C85H152O17P2. The number of esters is 4. The number of ether oxygens (including phenoxy) is 4. The van der Waals surface area contributed by atoms with E-state index in [2.05, 4.69) is 101 Å². The Morgan fingerprint density at radius 3 is 0.827 bits per heavy atom. The first-order valence-electron chi connectivity index (χ1n) is 41.8. The largest absolute Gasteiger partial charge is 0.472 e. The van der Waals surface area contributed by atoms with Crippen molar-refractivity contribution in [3.8, 4) is 0 Å². The molecule has 0 aromatic rings. The van der Waals surface area contributed by atoms with Gasteiger partial charge in [0.15, 0.2) is 12.2 Å². The molecule has 0 radical (unpaired) electrons. The van der Waals surface area contributed by atoms with E-state index >= 15 is 0 Å². The van der Waals surface area contributed by atoms with E-state index in [9.17, 15) is 43.2 Å². The van der Waals surface area contributed by atoms with Crippen molar-refractivity contribution in [3.05, 3.63) is 85.1 Å². The molecule has 3 N–H and O–H groups in total. The second-order valence-electron chi connectivity index (χ2n) is 28.1. The van der Waals surface area contributed by atoms with Crippen molar-refractivity contribution in [2.75, 3.05) is 39.6 Å². The van der Waals surface area contributed by atoms with Crippen LogP contribution in [0.25, 0.3) is 0 Å². The minimum atomic E-state index is -4.99. The number of allylic oxidation sites excluding steroid dienone is 14. The molecule has 604 valence electrons. The summed E-state index contributed by atoms with van der Waals surface area (Å²) in [5, 5.41) is 10.7. The molecular weight excluding hydrogens is 1350 g/mol. The van der Waals surface area contributed by atoms with Crippen LogP contribution in [0.15, 0.2) is 85.1 Å². The SMILES string of the molecule is CC/C=C\C/C=C\C/C=C\C/C=C\C/C=C\C/C=C\CCC(=O)OCC(COP(=O)(O)OCC(O)COP(=O)(O)OCC(COC(=O)CCCCCCC/C=C\CCCCCCCC)OC(=O)CCCCCCCCCCCCCCCCC)OC(=O)CCCCCCCCCCCCCCCCC. The van der Waals surface area contributed by atoms with Crippen molar-refractivity contribution >= 4 is 39.5 Å². The van der Waals surface area contributed by atoms with E-state index in [1.807, 2.05) is 12.2 Å². The molecule has 5 unspecified atom stereocenters. The highest BCUT2D eigenvalue weighted by molar-refractivity contribution is 7.47. The van der Waals surface area contributed by atoms with Crippen molar-refractivity contribution in [2.45, 2.75) is 393 Å². The summed E-state index contributed by atoms with van der Waals surface area (Å²) in [6.07, 6.45) is 81.3. The molecule has 0 heterocycles. The number of unbranched alkanes of at least 4 members (excludes halogenated alkanes) is 39. The molecule has 0 saturated carbocycles. The first-order chi connectivity index (χ1) is 50.7. The maximum absolute atomic E-state index is 13.1. The summed E-state index contributed by atoms with van der Waals surface area (Å²) in [4.78, 5) is 73.1. The van der Waals surface area contributed by atoms with Crippen molar-refractivity contribution in [3.63, 3.8) is 0 Å². The van der Waals surface area contributed by atoms with Gasteiger partial charge in [-0.15, -0.1) is 0 Å². The third kappa shape index (κ3) is 76.4. The molecule has 0 aromatic heterocycles. The molecule has 0 bridgehead atoms. The molecule has 0 aromatic carbocycles. The lowest BCUT2D eigenvalue weighted by Gasteiger charge is -2.21. The summed E-state index contributed by atoms with van der Waals surface area (Å²) in [6, 6.07) is 0. The first-order valence-corrected chi connectivity index (χ1v) is 44.8. The molecule has 104 heavy (non-hydrogen) atoms. The third-order valence-electron chi connectivity index (χ3n) is 17.9. The molecule has 0 aliphatic heterocycles. The van der Waals surface area contributed by atoms with Gasteiger partial charge in [-0.3, -0.25) is 37.3 Å². The maximum atomic E-state index is 13.1. The van der Waals surface area contributed by atoms with Crippen LogP contribution in [-0.2, 0) is 65.4 Å². The Hall–Kier alpha value is -3.76. The van der Waals surface area contributed by atoms with Crippen LogP contribution < -0.4 is 0 Å². The van der Waals surface area contributed by atoms with E-state index < -0.39 is 97.5 Å². The fourth-order valence-corrected chi connectivity index (χ4v) is 13.1. The lowest BCUT2D eigenvalue weighted by molar-refractivity contribution is -0.161. The van der Waals surface area contributed by atoms with Crippen LogP contribution in [0.4, 0.5) is 0 Å². The van der Waals surface area contributed by atoms with Gasteiger partial charge in [-0.05, 0) is 89.9 Å². The van der Waals surface area contributed by atoms with Crippen molar-refractivity contribution in [1.82, 2.24) is 0 Å². The predicted octanol–water partition coefficient (Wildman–Crippen LogP) is 24.6. The average Bonchev–Trinajstić information content (AvgIpc) is 0.918. The predicted molar refractivity (Wildman–Crippen MR) is 427 cm³/mol. The molecule has 0 spiro atoms. The number of carbonyl (C=O) groups is 4. The lowest BCUT2D eigenvalue weighted by Crippen LogP contribution is -2.30. The van der Waals surface area contributed by atoms with Crippen LogP contribution in [0.5, 0.6) is 0 Å². The maximum Gasteiger partial charge on any atom is 0.472 e. The number of carbonyl (C=O) groups excluding carboxylic acids is 4. The second kappa shape index (κ2) is 77.4. The first kappa shape index (κ1) is 100. The summed E-state index contributed by atoms with van der Waals surface area (Å²) in [5.74, 6) is -2.25. The number of hydrogen-bond donors (Lipinski definition) is 3. The van der Waals surface area contributed by atoms with E-state index in [1.165, 1.54) is 167 Å². The van der Waals surface area contributed by atoms with Crippen LogP contribution in [0, 0.1) is 0 Å². The lowest BCUT2D eigenvalue weighted by atomic mass is 10.0. The number of hydrogen-bond acceptors (Lipinski definition) is 15. The highest BCUT2D eigenvalue weighted by Crippen LogP contribution is 2.45. The van der Waals surface area contributed by atoms with Gasteiger partial charge in [-0.2, -0.15) is 0 Å². The Labute approximate surface area is 634 Å². The highest BCUT2D eigenvalue weighted by atomic mass is 31.2. The zero-order valence-corrected chi connectivity index (χ0v) is 68.0. The number of rotatable bonds is 79. The Bertz CT molecular complexity index is 2300. The summed E-state index contributed by atoms with van der Waals surface area (Å²) in [6.45, 7) is 4.75. The van der Waals surface area contributed by atoms with Gasteiger partial charge in [0.05, 0.1) is 26.4 Å². The Kier molecular flexibility index (Phi) is 74.6. The standard InChI is InChI=1S/C85H152O17P2/c1-5-9-13-17-21-25-29-33-37-38-39-40-44-46-50-54-58-62-66-70-83(88)96-76-81(102-85(90)72-68-64-60-56-52-48-43-36-32-28-24-20-16-12-8-4)78-100-104(93,94)98-74-79(86)73-97-103(91,92)99-77-80(101-84(89)71-67-63-59-55-51-47-42-35-31-27-23-19-15-11-7-3)75-95-82(87)69-65-61-57-53-49-45-41-34-30-26-22-18-14-10-6-2/h9,13,21,25,33-34,37,39-41,46,50,58,62,79-81,86H,5-8,10-12,14-20,22-24,26-32,35-36,38,42-45,47-49,51-57,59-61,63-78H2,1-4H3,(H,91,92)(H,93,94)/b13-9-,25-21-,37-33-,40-39-,41-34-,50-46-,62-58-. The van der Waals surface area contributed by atoms with E-state index in [0.29, 0.717) is 32.1 Å². The average molecular weight is 1510 g/mol. The van der Waals surface area contributed by atoms with Crippen molar-refractivity contribution in [2.24, 2.45) is 0 Å². The monoisotopic (exact) mass is 1510 g/mol. The Morgan fingerprint density at radius 1 is 0.279 bits per heavy atom. The smallest absolute Gasteiger partial charge is 0.462 e. The van der Waals surface area contributed by atoms with Gasteiger partial charge in [0.1, 0.15) is 19.3 Å². The van der Waals surface area contributed by atoms with Crippen LogP contribution in [0.1, 0.15) is 374 Å². The molecule has 0 saturated heterocycles. The zero-order chi connectivity index (χ0) is 76.0. The number of phosphoric ester groups is 2. The molecule has 0 fully saturated rings. The zero-order valence-electron chi connectivity index (χ0n) is 66.2. The van der Waals surface area contributed by atoms with Crippen LogP contribution >= 0.6 is 15.6 Å². The molecule has 0 rings (SSSR count). The highest BCUT2D eigenvalue weighted by Gasteiger charge is 2.30. The Balaban J connectivity index is 5.39. The van der Waals surface area contributed by atoms with Crippen LogP contribution in [-0.4, -0.2) is 96.7 Å². The van der Waals surface area contributed by atoms with Gasteiger partial charge in [-0.25, -0.2) is 9.13 Å². The number of aliphatic hydroxyl groups is 1. The van der Waals surface area contributed by atoms with Gasteiger partial charge in [0.2, 0.25) is 0 Å². The third-order valence-corrected chi connectivity index (χ3v) is 19.8. The summed E-state index contributed by atoms with van der Waals surface area (Å²) in [7, 11) is -9.97. The van der Waals surface area contributed by atoms with Gasteiger partial charge in [0, 0.05) is 25.7 Å². The molecule has 5 atom stereocenters. The van der Waals surface area contributed by atoms with Gasteiger partial charge in [-0.1, -0.05) is 344 Å². The minimum absolute atomic E-state index is 0.0393. The Morgan fingerprint density at radius 2 is 0.519 bits per heavy atom. The van der Waals surface area contributed by atoms with Gasteiger partial charge < -0.3 is 33.8 Å². The van der Waals surface area contributed by atoms with Gasteiger partial charge >= 0.3 is 39.5 Å². The van der Waals surface area contributed by atoms with E-state index in [-0.39, 0.29) is 25.7 Å². The molecule has 17 nitrogen and oxygen atoms in total. The minimum Gasteiger partial charge on any atom is -0.462 e. The summed E-state index contributed by atoms with van der Waals surface area (Å²) in [5.41, 5.74) is 0. The number of phosphoric acid groups is 2. The van der Waals surface area contributed by atoms with E-state index in [0.717, 1.165) is 122 Å². The molecule has 0 aliphatic rings. The van der Waals surface area contributed by atoms with Crippen LogP contribution in [0.3, 0.4) is 0 Å². The summed E-state index contributed by atoms with van der Waals surface area (Å²) < 4.78 is 68.7. The fraction of sp³-hybridized carbons (Fsp3) is 0.788. The van der Waals surface area contributed by atoms with E-state index in [1.54, 1.807) is 0 Å². The van der Waals surface area contributed by atoms with Crippen LogP contribution in [0.2, 0.25) is 0 Å². The second-order valence-corrected chi connectivity index (χ2v) is 31.0. The molecule has 19 heteroatoms. The molecule has 0 amide bonds. The summed E-state index contributed by atoms with van der Waals surface area (Å²) >= 11 is 0. The topological polar surface area (TPSA) is 237 Å². The normalized spacial score (nSPS) is 14.3. The quantitative estimate of drug-likeness (QED) is 0.0169.